The molecule has 3 amide bonds. The summed E-state index contributed by atoms with van der Waals surface area (Å²) in [5, 5.41) is 44.2. The molecule has 0 heterocycles. The molecule has 9 N–H and O–H groups in total. The molecule has 5 atom stereocenters. The molecule has 0 aliphatic rings. The van der Waals surface area contributed by atoms with E-state index in [0.29, 0.717) is 12.0 Å². The fourth-order valence-corrected chi connectivity index (χ4v) is 3.18. The summed E-state index contributed by atoms with van der Waals surface area (Å²) >= 11 is 0. The minimum atomic E-state index is -1.40. The van der Waals surface area contributed by atoms with Crippen molar-refractivity contribution in [3.05, 3.63) is 29.8 Å². The fourth-order valence-electron chi connectivity index (χ4n) is 3.18. The van der Waals surface area contributed by atoms with Gasteiger partial charge in [-0.1, -0.05) is 32.4 Å². The van der Waals surface area contributed by atoms with E-state index in [1.807, 2.05) is 0 Å². The number of amides is 3. The molecule has 0 aromatic heterocycles. The van der Waals surface area contributed by atoms with Crippen molar-refractivity contribution in [1.29, 1.82) is 0 Å². The molecule has 200 valence electrons. The van der Waals surface area contributed by atoms with E-state index in [0.717, 1.165) is 0 Å². The standard InChI is InChI=1S/C23H34N4O9/c1-3-12(2)19(23(35)36)27-22(34)17(10-13-4-6-14(29)7-5-13)26-21(33)16(8-9-18(30)31)25-20(32)15(24)11-28/h4-7,12,15-17,19,28-29H,3,8-11,24H2,1-2H3,(H,25,32)(H,26,33)(H,27,34)(H,30,31)(H,35,36). The molecule has 0 spiro atoms. The normalized spacial score (nSPS) is 15.0. The number of rotatable bonds is 15. The first kappa shape index (κ1) is 30.3. The zero-order valence-electron chi connectivity index (χ0n) is 20.1. The number of phenols is 1. The Hall–Kier alpha value is -3.71. The number of benzene rings is 1. The van der Waals surface area contributed by atoms with Crippen molar-refractivity contribution in [2.45, 2.75) is 63.7 Å². The zero-order valence-corrected chi connectivity index (χ0v) is 20.1. The van der Waals surface area contributed by atoms with Crippen LogP contribution in [0, 0.1) is 5.92 Å². The largest absolute Gasteiger partial charge is 0.508 e. The third kappa shape index (κ3) is 9.88. The average molecular weight is 511 g/mol. The number of carbonyl (C=O) groups is 5. The third-order valence-electron chi connectivity index (χ3n) is 5.60. The van der Waals surface area contributed by atoms with Gasteiger partial charge in [0.2, 0.25) is 17.7 Å². The molecule has 0 saturated heterocycles. The second kappa shape index (κ2) is 14.6. The molecule has 0 bridgehead atoms. The number of carboxylic acid groups (broad SMARTS) is 2. The first-order chi connectivity index (χ1) is 16.9. The van der Waals surface area contributed by atoms with E-state index in [-0.39, 0.29) is 18.6 Å². The lowest BCUT2D eigenvalue weighted by atomic mass is 9.98. The van der Waals surface area contributed by atoms with Gasteiger partial charge in [-0.15, -0.1) is 0 Å². The Labute approximate surface area is 208 Å². The topological polar surface area (TPSA) is 228 Å². The first-order valence-corrected chi connectivity index (χ1v) is 11.4. The van der Waals surface area contributed by atoms with Crippen molar-refractivity contribution >= 4 is 29.7 Å². The highest BCUT2D eigenvalue weighted by Gasteiger charge is 2.32. The van der Waals surface area contributed by atoms with Crippen LogP contribution in [0.15, 0.2) is 24.3 Å². The predicted octanol–water partition coefficient (Wildman–Crippen LogP) is -1.30. The Morgan fingerprint density at radius 1 is 0.917 bits per heavy atom. The number of nitrogens with two attached hydrogens (primary N) is 1. The summed E-state index contributed by atoms with van der Waals surface area (Å²) in [5.41, 5.74) is 5.98. The van der Waals surface area contributed by atoms with Gasteiger partial charge in [-0.05, 0) is 30.0 Å². The Balaban J connectivity index is 3.19. The van der Waals surface area contributed by atoms with E-state index in [4.69, 9.17) is 15.9 Å². The van der Waals surface area contributed by atoms with Crippen molar-refractivity contribution in [3.63, 3.8) is 0 Å². The highest BCUT2D eigenvalue weighted by atomic mass is 16.4. The lowest BCUT2D eigenvalue weighted by molar-refractivity contribution is -0.143. The molecule has 1 aromatic rings. The number of nitrogens with one attached hydrogen (secondary N) is 3. The molecule has 0 fully saturated rings. The van der Waals surface area contributed by atoms with Crippen LogP contribution < -0.4 is 21.7 Å². The summed E-state index contributed by atoms with van der Waals surface area (Å²) in [7, 11) is 0. The van der Waals surface area contributed by atoms with E-state index in [2.05, 4.69) is 16.0 Å². The molecule has 1 aromatic carbocycles. The van der Waals surface area contributed by atoms with Crippen LogP contribution in [0.4, 0.5) is 0 Å². The summed E-state index contributed by atoms with van der Waals surface area (Å²) in [6, 6.07) is 0.480. The summed E-state index contributed by atoms with van der Waals surface area (Å²) in [5.74, 6) is -5.53. The second-order valence-corrected chi connectivity index (χ2v) is 8.42. The van der Waals surface area contributed by atoms with Crippen LogP contribution in [0.3, 0.4) is 0 Å². The maximum atomic E-state index is 13.1. The van der Waals surface area contributed by atoms with Gasteiger partial charge in [0.25, 0.3) is 0 Å². The monoisotopic (exact) mass is 510 g/mol. The average Bonchev–Trinajstić information content (AvgIpc) is 2.84. The minimum Gasteiger partial charge on any atom is -0.508 e. The van der Waals surface area contributed by atoms with Gasteiger partial charge in [0.15, 0.2) is 0 Å². The number of aliphatic hydroxyl groups is 1. The number of phenolic OH excluding ortho intramolecular Hbond substituents is 1. The van der Waals surface area contributed by atoms with Crippen molar-refractivity contribution in [2.75, 3.05) is 6.61 Å². The smallest absolute Gasteiger partial charge is 0.326 e. The van der Waals surface area contributed by atoms with Gasteiger partial charge < -0.3 is 42.1 Å². The molecular weight excluding hydrogens is 476 g/mol. The molecule has 13 nitrogen and oxygen atoms in total. The van der Waals surface area contributed by atoms with Gasteiger partial charge in [0, 0.05) is 12.8 Å². The molecule has 13 heteroatoms. The van der Waals surface area contributed by atoms with Crippen LogP contribution in [0.25, 0.3) is 0 Å². The number of carboxylic acids is 2. The number of aliphatic carboxylic acids is 2. The second-order valence-electron chi connectivity index (χ2n) is 8.42. The van der Waals surface area contributed by atoms with Crippen LogP contribution in [-0.2, 0) is 30.4 Å². The number of carbonyl (C=O) groups excluding carboxylic acids is 3. The highest BCUT2D eigenvalue weighted by Crippen LogP contribution is 2.13. The Morgan fingerprint density at radius 2 is 1.47 bits per heavy atom. The van der Waals surface area contributed by atoms with Gasteiger partial charge in [-0.3, -0.25) is 19.2 Å². The van der Waals surface area contributed by atoms with Crippen molar-refractivity contribution in [2.24, 2.45) is 11.7 Å². The number of hydrogen-bond donors (Lipinski definition) is 8. The SMILES string of the molecule is CCC(C)C(NC(=O)C(Cc1ccc(O)cc1)NC(=O)C(CCC(=O)O)NC(=O)C(N)CO)C(=O)O. The van der Waals surface area contributed by atoms with Crippen LogP contribution in [0.2, 0.25) is 0 Å². The summed E-state index contributed by atoms with van der Waals surface area (Å²) in [6.07, 6.45) is -0.457. The van der Waals surface area contributed by atoms with Crippen LogP contribution in [-0.4, -0.2) is 80.9 Å². The van der Waals surface area contributed by atoms with Crippen molar-refractivity contribution in [3.8, 4) is 5.75 Å². The molecule has 1 rings (SSSR count). The van der Waals surface area contributed by atoms with E-state index in [1.54, 1.807) is 13.8 Å². The van der Waals surface area contributed by atoms with Crippen molar-refractivity contribution < 1.29 is 44.4 Å². The molecule has 0 aliphatic carbocycles. The lowest BCUT2D eigenvalue weighted by Crippen LogP contribution is -2.58. The maximum absolute atomic E-state index is 13.1. The lowest BCUT2D eigenvalue weighted by Gasteiger charge is -2.26. The Kier molecular flexibility index (Phi) is 12.3. The fraction of sp³-hybridized carbons (Fsp3) is 0.522. The summed E-state index contributed by atoms with van der Waals surface area (Å²) in [4.78, 5) is 60.9. The minimum absolute atomic E-state index is 0.0248. The van der Waals surface area contributed by atoms with Gasteiger partial charge >= 0.3 is 11.9 Å². The van der Waals surface area contributed by atoms with Gasteiger partial charge in [-0.25, -0.2) is 4.79 Å². The Bertz CT molecular complexity index is 923. The maximum Gasteiger partial charge on any atom is 0.326 e. The van der Waals surface area contributed by atoms with E-state index < -0.39 is 72.8 Å². The molecule has 5 unspecified atom stereocenters. The van der Waals surface area contributed by atoms with Crippen molar-refractivity contribution in [1.82, 2.24) is 16.0 Å². The quantitative estimate of drug-likeness (QED) is 0.139. The van der Waals surface area contributed by atoms with Gasteiger partial charge in [0.05, 0.1) is 6.61 Å². The highest BCUT2D eigenvalue weighted by molar-refractivity contribution is 5.94. The van der Waals surface area contributed by atoms with Gasteiger partial charge in [0.1, 0.15) is 29.9 Å². The third-order valence-corrected chi connectivity index (χ3v) is 5.60. The number of aromatic hydroxyl groups is 1. The van der Waals surface area contributed by atoms with E-state index in [9.17, 15) is 34.2 Å². The molecule has 0 saturated carbocycles. The van der Waals surface area contributed by atoms with E-state index in [1.165, 1.54) is 24.3 Å². The summed E-state index contributed by atoms with van der Waals surface area (Å²) < 4.78 is 0. The predicted molar refractivity (Wildman–Crippen MR) is 127 cm³/mol. The van der Waals surface area contributed by atoms with Crippen LogP contribution in [0.1, 0.15) is 38.7 Å². The Morgan fingerprint density at radius 3 is 1.97 bits per heavy atom. The molecular formula is C23H34N4O9. The number of hydrogen-bond acceptors (Lipinski definition) is 8. The van der Waals surface area contributed by atoms with Crippen LogP contribution >= 0.6 is 0 Å². The first-order valence-electron chi connectivity index (χ1n) is 11.4. The molecule has 36 heavy (non-hydrogen) atoms. The van der Waals surface area contributed by atoms with Crippen LogP contribution in [0.5, 0.6) is 5.75 Å². The zero-order chi connectivity index (χ0) is 27.4. The summed E-state index contributed by atoms with van der Waals surface area (Å²) in [6.45, 7) is 2.70. The van der Waals surface area contributed by atoms with E-state index >= 15 is 0 Å². The number of aliphatic hydroxyl groups excluding tert-OH is 1. The van der Waals surface area contributed by atoms with Gasteiger partial charge in [-0.2, -0.15) is 0 Å². The molecule has 0 radical (unpaired) electrons. The molecule has 0 aliphatic heterocycles.